The van der Waals surface area contributed by atoms with E-state index in [9.17, 15) is 9.59 Å². The van der Waals surface area contributed by atoms with Crippen LogP contribution in [0, 0.1) is 13.8 Å². The lowest BCUT2D eigenvalue weighted by Crippen LogP contribution is -2.29. The summed E-state index contributed by atoms with van der Waals surface area (Å²) in [7, 11) is 0. The first kappa shape index (κ1) is 16.2. The number of aromatic nitrogens is 2. The van der Waals surface area contributed by atoms with Crippen LogP contribution in [-0.4, -0.2) is 22.8 Å². The lowest BCUT2D eigenvalue weighted by Gasteiger charge is -2.09. The molecule has 0 unspecified atom stereocenters. The second kappa shape index (κ2) is 7.72. The SMILES string of the molecule is Cc1ccc(C)c(COCCOCn2ccc(=O)[nH]c2=O)c1. The molecule has 2 aromatic rings. The van der Waals surface area contributed by atoms with E-state index in [-0.39, 0.29) is 6.73 Å². The van der Waals surface area contributed by atoms with Gasteiger partial charge in [0, 0.05) is 12.3 Å². The summed E-state index contributed by atoms with van der Waals surface area (Å²) in [5, 5.41) is 0. The van der Waals surface area contributed by atoms with Gasteiger partial charge >= 0.3 is 5.69 Å². The van der Waals surface area contributed by atoms with Gasteiger partial charge in [-0.1, -0.05) is 23.8 Å². The van der Waals surface area contributed by atoms with E-state index in [1.165, 1.54) is 28.0 Å². The van der Waals surface area contributed by atoms with Crippen LogP contribution in [0.5, 0.6) is 0 Å². The number of hydrogen-bond donors (Lipinski definition) is 1. The maximum absolute atomic E-state index is 11.4. The molecule has 0 aliphatic heterocycles. The largest absolute Gasteiger partial charge is 0.374 e. The van der Waals surface area contributed by atoms with Crippen LogP contribution >= 0.6 is 0 Å². The van der Waals surface area contributed by atoms with E-state index in [1.54, 1.807) is 0 Å². The monoisotopic (exact) mass is 304 g/mol. The fraction of sp³-hybridized carbons (Fsp3) is 0.375. The number of aromatic amines is 1. The van der Waals surface area contributed by atoms with Gasteiger partial charge in [-0.2, -0.15) is 0 Å². The summed E-state index contributed by atoms with van der Waals surface area (Å²) in [5.41, 5.74) is 2.67. The van der Waals surface area contributed by atoms with E-state index in [4.69, 9.17) is 9.47 Å². The maximum atomic E-state index is 11.4. The van der Waals surface area contributed by atoms with Crippen LogP contribution in [0.25, 0.3) is 0 Å². The van der Waals surface area contributed by atoms with Crippen molar-refractivity contribution in [1.82, 2.24) is 9.55 Å². The molecule has 1 N–H and O–H groups in total. The molecule has 1 aromatic carbocycles. The van der Waals surface area contributed by atoms with E-state index in [0.717, 1.165) is 5.56 Å². The van der Waals surface area contributed by atoms with E-state index >= 15 is 0 Å². The molecule has 0 atom stereocenters. The third-order valence-electron chi connectivity index (χ3n) is 3.26. The molecule has 1 heterocycles. The normalized spacial score (nSPS) is 10.8. The van der Waals surface area contributed by atoms with Gasteiger partial charge in [-0.15, -0.1) is 0 Å². The molecular weight excluding hydrogens is 284 g/mol. The number of rotatable bonds is 7. The molecule has 0 spiro atoms. The Kier molecular flexibility index (Phi) is 5.68. The van der Waals surface area contributed by atoms with Crippen molar-refractivity contribution in [2.45, 2.75) is 27.2 Å². The van der Waals surface area contributed by atoms with Gasteiger partial charge in [0.05, 0.1) is 19.8 Å². The van der Waals surface area contributed by atoms with E-state index < -0.39 is 11.2 Å². The van der Waals surface area contributed by atoms with Crippen LogP contribution in [0.4, 0.5) is 0 Å². The number of ether oxygens (including phenoxy) is 2. The first-order valence-electron chi connectivity index (χ1n) is 7.07. The predicted octanol–water partition coefficient (Wildman–Crippen LogP) is 1.34. The Labute approximate surface area is 128 Å². The topological polar surface area (TPSA) is 73.3 Å². The number of aryl methyl sites for hydroxylation is 2. The van der Waals surface area contributed by atoms with Crippen molar-refractivity contribution in [3.8, 4) is 0 Å². The summed E-state index contributed by atoms with van der Waals surface area (Å²) in [5.74, 6) is 0. The van der Waals surface area contributed by atoms with Crippen LogP contribution in [0.15, 0.2) is 40.1 Å². The van der Waals surface area contributed by atoms with Crippen LogP contribution in [0.1, 0.15) is 16.7 Å². The third-order valence-corrected chi connectivity index (χ3v) is 3.26. The second-order valence-electron chi connectivity index (χ2n) is 5.10. The zero-order valence-electron chi connectivity index (χ0n) is 12.8. The van der Waals surface area contributed by atoms with Crippen molar-refractivity contribution >= 4 is 0 Å². The highest BCUT2D eigenvalue weighted by molar-refractivity contribution is 5.29. The van der Waals surface area contributed by atoms with Crippen molar-refractivity contribution in [2.75, 3.05) is 13.2 Å². The number of H-pyrrole nitrogens is 1. The van der Waals surface area contributed by atoms with E-state index in [2.05, 4.69) is 30.1 Å². The maximum Gasteiger partial charge on any atom is 0.330 e. The molecule has 0 saturated heterocycles. The van der Waals surface area contributed by atoms with Crippen LogP contribution in [0.2, 0.25) is 0 Å². The minimum absolute atomic E-state index is 0.0858. The molecule has 1 aromatic heterocycles. The van der Waals surface area contributed by atoms with Gasteiger partial charge in [0.15, 0.2) is 0 Å². The Morgan fingerprint density at radius 3 is 2.64 bits per heavy atom. The van der Waals surface area contributed by atoms with Gasteiger partial charge in [0.25, 0.3) is 5.56 Å². The number of benzene rings is 1. The van der Waals surface area contributed by atoms with Crippen LogP contribution in [-0.2, 0) is 22.8 Å². The summed E-state index contributed by atoms with van der Waals surface area (Å²) in [6.45, 7) is 5.53. The molecule has 0 bridgehead atoms. The molecule has 2 rings (SSSR count). The van der Waals surface area contributed by atoms with Gasteiger partial charge in [-0.25, -0.2) is 4.79 Å². The van der Waals surface area contributed by atoms with Crippen molar-refractivity contribution in [1.29, 1.82) is 0 Å². The molecule has 6 nitrogen and oxygen atoms in total. The van der Waals surface area contributed by atoms with Gasteiger partial charge < -0.3 is 9.47 Å². The van der Waals surface area contributed by atoms with Crippen molar-refractivity contribution in [3.05, 3.63) is 68.0 Å². The zero-order chi connectivity index (χ0) is 15.9. The molecule has 0 fully saturated rings. The van der Waals surface area contributed by atoms with Gasteiger partial charge in [0.1, 0.15) is 6.73 Å². The Balaban J connectivity index is 1.70. The average Bonchev–Trinajstić information content (AvgIpc) is 2.48. The molecule has 6 heteroatoms. The smallest absolute Gasteiger partial charge is 0.330 e. The summed E-state index contributed by atoms with van der Waals surface area (Å²) in [6.07, 6.45) is 1.40. The Bertz CT molecular complexity index is 733. The molecule has 0 saturated carbocycles. The lowest BCUT2D eigenvalue weighted by atomic mass is 10.1. The molecule has 118 valence electrons. The molecule has 22 heavy (non-hydrogen) atoms. The molecule has 0 amide bonds. The Morgan fingerprint density at radius 1 is 1.09 bits per heavy atom. The molecule has 0 aliphatic rings. The molecular formula is C16H20N2O4. The zero-order valence-corrected chi connectivity index (χ0v) is 12.8. The molecule has 0 aliphatic carbocycles. The highest BCUT2D eigenvalue weighted by atomic mass is 16.5. The fourth-order valence-corrected chi connectivity index (χ4v) is 1.96. The highest BCUT2D eigenvalue weighted by Gasteiger charge is 2.00. The summed E-state index contributed by atoms with van der Waals surface area (Å²) < 4.78 is 12.2. The van der Waals surface area contributed by atoms with Crippen LogP contribution in [0.3, 0.4) is 0 Å². The number of nitrogens with one attached hydrogen (secondary N) is 1. The summed E-state index contributed by atoms with van der Waals surface area (Å²) in [4.78, 5) is 24.5. The van der Waals surface area contributed by atoms with E-state index in [1.807, 2.05) is 6.92 Å². The number of nitrogens with zero attached hydrogens (tertiary/aromatic N) is 1. The fourth-order valence-electron chi connectivity index (χ4n) is 1.96. The minimum atomic E-state index is -0.483. The van der Waals surface area contributed by atoms with Gasteiger partial charge in [-0.05, 0) is 25.0 Å². The van der Waals surface area contributed by atoms with Crippen molar-refractivity contribution in [3.63, 3.8) is 0 Å². The van der Waals surface area contributed by atoms with Gasteiger partial charge in [-0.3, -0.25) is 14.3 Å². The van der Waals surface area contributed by atoms with Gasteiger partial charge in [0.2, 0.25) is 0 Å². The quantitative estimate of drug-likeness (QED) is 0.784. The van der Waals surface area contributed by atoms with Crippen molar-refractivity contribution < 1.29 is 9.47 Å². The van der Waals surface area contributed by atoms with Crippen LogP contribution < -0.4 is 11.2 Å². The summed E-state index contributed by atoms with van der Waals surface area (Å²) in [6, 6.07) is 7.54. The summed E-state index contributed by atoms with van der Waals surface area (Å²) >= 11 is 0. The second-order valence-corrected chi connectivity index (χ2v) is 5.10. The first-order chi connectivity index (χ1) is 10.6. The standard InChI is InChI=1S/C16H20N2O4/c1-12-3-4-13(2)14(9-12)10-21-7-8-22-11-18-6-5-15(19)17-16(18)20/h3-6,9H,7-8,10-11H2,1-2H3,(H,17,19,20). The Hall–Kier alpha value is -2.18. The number of hydrogen-bond acceptors (Lipinski definition) is 4. The first-order valence-corrected chi connectivity index (χ1v) is 7.07. The van der Waals surface area contributed by atoms with E-state index in [0.29, 0.717) is 19.8 Å². The molecule has 0 radical (unpaired) electrons. The Morgan fingerprint density at radius 2 is 1.86 bits per heavy atom. The average molecular weight is 304 g/mol. The minimum Gasteiger partial charge on any atom is -0.374 e. The third kappa shape index (κ3) is 4.68. The van der Waals surface area contributed by atoms with Crippen molar-refractivity contribution in [2.24, 2.45) is 0 Å². The highest BCUT2D eigenvalue weighted by Crippen LogP contribution is 2.11. The lowest BCUT2D eigenvalue weighted by molar-refractivity contribution is 0.0119. The predicted molar refractivity (Wildman–Crippen MR) is 82.8 cm³/mol.